The molecule has 0 spiro atoms. The molecular formula is C26H38N2O2S. The number of amides is 1. The average molecular weight is 443 g/mol. The van der Waals surface area contributed by atoms with Crippen molar-refractivity contribution >= 4 is 23.7 Å². The van der Waals surface area contributed by atoms with Crippen LogP contribution in [0.15, 0.2) is 36.4 Å². The molecule has 2 aliphatic rings. The van der Waals surface area contributed by atoms with E-state index < -0.39 is 0 Å². The van der Waals surface area contributed by atoms with Crippen LogP contribution in [-0.2, 0) is 11.3 Å². The van der Waals surface area contributed by atoms with Crippen LogP contribution < -0.4 is 4.90 Å². The molecule has 31 heavy (non-hydrogen) atoms. The molecule has 1 amide bonds. The Bertz CT molecular complexity index is 860. The first-order valence-electron chi connectivity index (χ1n) is 11.3. The quantitative estimate of drug-likeness (QED) is 0.477. The molecule has 0 bridgehead atoms. The highest BCUT2D eigenvalue weighted by atomic mass is 32.2. The van der Waals surface area contributed by atoms with E-state index in [9.17, 15) is 4.79 Å². The van der Waals surface area contributed by atoms with E-state index in [1.165, 1.54) is 22.3 Å². The molecule has 0 N–H and O–H groups in total. The second-order valence-corrected chi connectivity index (χ2v) is 8.87. The minimum Gasteiger partial charge on any atom is -0.444 e. The lowest BCUT2D eigenvalue weighted by Crippen LogP contribution is -2.48. The van der Waals surface area contributed by atoms with Crippen molar-refractivity contribution in [2.75, 3.05) is 24.2 Å². The van der Waals surface area contributed by atoms with Crippen molar-refractivity contribution in [3.05, 3.63) is 64.2 Å². The number of piperidine rings is 1. The van der Waals surface area contributed by atoms with Crippen LogP contribution in [0.25, 0.3) is 0 Å². The third-order valence-electron chi connectivity index (χ3n) is 5.75. The van der Waals surface area contributed by atoms with E-state index in [4.69, 9.17) is 4.74 Å². The van der Waals surface area contributed by atoms with Gasteiger partial charge in [-0.2, -0.15) is 0 Å². The lowest BCUT2D eigenvalue weighted by Gasteiger charge is -2.39. The minimum absolute atomic E-state index is 0.191. The molecule has 4 nitrogen and oxygen atoms in total. The minimum atomic E-state index is -0.191. The summed E-state index contributed by atoms with van der Waals surface area (Å²) in [4.78, 5) is 14.0. The maximum atomic E-state index is 12.2. The number of fused-ring (bicyclic) bond motifs is 1. The van der Waals surface area contributed by atoms with Crippen molar-refractivity contribution in [1.29, 1.82) is 0 Å². The van der Waals surface area contributed by atoms with Crippen LogP contribution in [0, 0.1) is 27.7 Å². The van der Waals surface area contributed by atoms with Gasteiger partial charge in [-0.25, -0.2) is 4.79 Å². The zero-order valence-corrected chi connectivity index (χ0v) is 21.0. The highest BCUT2D eigenvalue weighted by Crippen LogP contribution is 2.33. The van der Waals surface area contributed by atoms with Crippen LogP contribution in [0.4, 0.5) is 10.5 Å². The first kappa shape index (κ1) is 25.3. The van der Waals surface area contributed by atoms with Crippen molar-refractivity contribution in [2.24, 2.45) is 0 Å². The van der Waals surface area contributed by atoms with Gasteiger partial charge in [-0.15, -0.1) is 0 Å². The smallest absolute Gasteiger partial charge is 0.414 e. The molecule has 0 atom stereocenters. The van der Waals surface area contributed by atoms with Gasteiger partial charge in [0.15, 0.2) is 0 Å². The molecule has 170 valence electrons. The maximum Gasteiger partial charge on any atom is 0.414 e. The zero-order valence-electron chi connectivity index (χ0n) is 20.2. The van der Waals surface area contributed by atoms with Gasteiger partial charge in [-0.1, -0.05) is 67.3 Å². The Labute approximate surface area is 193 Å². The van der Waals surface area contributed by atoms with Gasteiger partial charge in [0.05, 0.1) is 5.69 Å². The third kappa shape index (κ3) is 6.75. The molecule has 0 aromatic heterocycles. The molecule has 5 heteroatoms. The van der Waals surface area contributed by atoms with E-state index in [1.807, 2.05) is 18.7 Å². The van der Waals surface area contributed by atoms with Crippen molar-refractivity contribution < 1.29 is 9.53 Å². The standard InChI is InChI=1S/C15H20N2O2S.C9H12.C2H6/c1-11-3-4-14-12(9-11)10-19-15(18)17(14)13-5-7-16(20-2)8-6-13;1-7-4-5-8(2)9(3)6-7;1-2/h3-4,9,13H,5-8,10H2,1-2H3;4-6H,1-3H3;1-2H3. The summed E-state index contributed by atoms with van der Waals surface area (Å²) in [7, 11) is 0. The van der Waals surface area contributed by atoms with Crippen LogP contribution in [0.2, 0.25) is 0 Å². The molecule has 0 aliphatic carbocycles. The van der Waals surface area contributed by atoms with Crippen LogP contribution in [0.5, 0.6) is 0 Å². The van der Waals surface area contributed by atoms with Crippen molar-refractivity contribution in [3.8, 4) is 0 Å². The topological polar surface area (TPSA) is 32.8 Å². The first-order valence-corrected chi connectivity index (χ1v) is 12.5. The third-order valence-corrected chi connectivity index (χ3v) is 6.63. The molecule has 0 unspecified atom stereocenters. The molecule has 0 radical (unpaired) electrons. The summed E-state index contributed by atoms with van der Waals surface area (Å²) in [6.45, 7) is 14.9. The Morgan fingerprint density at radius 3 is 2.10 bits per heavy atom. The van der Waals surface area contributed by atoms with Gasteiger partial charge in [-0.05, 0) is 64.0 Å². The molecule has 2 aromatic carbocycles. The maximum absolute atomic E-state index is 12.2. The van der Waals surface area contributed by atoms with Gasteiger partial charge in [0, 0.05) is 24.7 Å². The van der Waals surface area contributed by atoms with E-state index >= 15 is 0 Å². The molecule has 1 fully saturated rings. The number of carbonyl (C=O) groups excluding carboxylic acids is 1. The fraction of sp³-hybridized carbons (Fsp3) is 0.500. The van der Waals surface area contributed by atoms with E-state index in [-0.39, 0.29) is 12.1 Å². The van der Waals surface area contributed by atoms with Gasteiger partial charge < -0.3 is 4.74 Å². The summed E-state index contributed by atoms with van der Waals surface area (Å²) in [6.07, 6.45) is 3.92. The SMILES string of the molecule is CC.CSN1CCC(N2C(=O)OCc3cc(C)ccc32)CC1.Cc1ccc(C)c(C)c1. The number of benzene rings is 2. The molecule has 2 aromatic rings. The fourth-order valence-electron chi connectivity index (χ4n) is 3.89. The highest BCUT2D eigenvalue weighted by Gasteiger charge is 2.34. The molecule has 2 heterocycles. The highest BCUT2D eigenvalue weighted by molar-refractivity contribution is 7.96. The number of anilines is 1. The lowest BCUT2D eigenvalue weighted by molar-refractivity contribution is 0.136. The number of cyclic esters (lactones) is 1. The summed E-state index contributed by atoms with van der Waals surface area (Å²) in [5.74, 6) is 0. The number of hydrogen-bond acceptors (Lipinski definition) is 4. The van der Waals surface area contributed by atoms with Gasteiger partial charge in [0.25, 0.3) is 0 Å². The Hall–Kier alpha value is -1.98. The van der Waals surface area contributed by atoms with E-state index in [1.54, 1.807) is 11.9 Å². The van der Waals surface area contributed by atoms with Gasteiger partial charge in [0.2, 0.25) is 0 Å². The largest absolute Gasteiger partial charge is 0.444 e. The van der Waals surface area contributed by atoms with Crippen LogP contribution in [0.1, 0.15) is 54.5 Å². The number of nitrogens with zero attached hydrogens (tertiary/aromatic N) is 2. The molecule has 2 aliphatic heterocycles. The molecular weight excluding hydrogens is 404 g/mol. The summed E-state index contributed by atoms with van der Waals surface area (Å²) < 4.78 is 7.70. The van der Waals surface area contributed by atoms with Gasteiger partial charge in [0.1, 0.15) is 6.61 Å². The monoisotopic (exact) mass is 442 g/mol. The molecule has 0 saturated carbocycles. The normalized spacial score (nSPS) is 16.4. The van der Waals surface area contributed by atoms with Gasteiger partial charge >= 0.3 is 6.09 Å². The number of rotatable bonds is 2. The Morgan fingerprint density at radius 1 is 0.903 bits per heavy atom. The predicted octanol–water partition coefficient (Wildman–Crippen LogP) is 6.83. The van der Waals surface area contributed by atoms with E-state index in [2.05, 4.69) is 74.7 Å². The summed E-state index contributed by atoms with van der Waals surface area (Å²) in [5, 5.41) is 0. The van der Waals surface area contributed by atoms with Crippen LogP contribution in [-0.4, -0.2) is 35.8 Å². The molecule has 1 saturated heterocycles. The number of carbonyl (C=O) groups is 1. The van der Waals surface area contributed by atoms with Gasteiger partial charge in [-0.3, -0.25) is 9.21 Å². The van der Waals surface area contributed by atoms with Crippen LogP contribution in [0.3, 0.4) is 0 Å². The fourth-order valence-corrected chi connectivity index (χ4v) is 4.47. The zero-order chi connectivity index (χ0) is 23.0. The van der Waals surface area contributed by atoms with Crippen molar-refractivity contribution in [1.82, 2.24) is 4.31 Å². The lowest BCUT2D eigenvalue weighted by atomic mass is 10.0. The number of hydrogen-bond donors (Lipinski definition) is 0. The average Bonchev–Trinajstić information content (AvgIpc) is 2.78. The van der Waals surface area contributed by atoms with Crippen LogP contribution >= 0.6 is 11.9 Å². The van der Waals surface area contributed by atoms with Crippen molar-refractivity contribution in [3.63, 3.8) is 0 Å². The number of ether oxygens (including phenoxy) is 1. The first-order chi connectivity index (χ1) is 14.9. The van der Waals surface area contributed by atoms with Crippen molar-refractivity contribution in [2.45, 2.75) is 67.0 Å². The predicted molar refractivity (Wildman–Crippen MR) is 134 cm³/mol. The summed E-state index contributed by atoms with van der Waals surface area (Å²) >= 11 is 1.78. The second kappa shape index (κ2) is 12.2. The number of aryl methyl sites for hydroxylation is 4. The van der Waals surface area contributed by atoms with E-state index in [0.717, 1.165) is 37.2 Å². The Morgan fingerprint density at radius 2 is 1.52 bits per heavy atom. The molecule has 4 rings (SSSR count). The second-order valence-electron chi connectivity index (χ2n) is 7.99. The van der Waals surface area contributed by atoms with E-state index in [0.29, 0.717) is 6.61 Å². The summed E-state index contributed by atoms with van der Waals surface area (Å²) in [5.41, 5.74) is 7.47. The Balaban J connectivity index is 0.000000261. The Kier molecular flexibility index (Phi) is 9.92. The summed E-state index contributed by atoms with van der Waals surface area (Å²) in [6, 6.07) is 13.0.